The molecule has 0 heterocycles. The molecular weight excluding hydrogens is 282 g/mol. The van der Waals surface area contributed by atoms with Gasteiger partial charge in [-0.15, -0.1) is 12.4 Å². The Labute approximate surface area is 115 Å². The monoisotopic (exact) mass is 296 g/mol. The molecule has 8 heteroatoms. The van der Waals surface area contributed by atoms with Gasteiger partial charge in [0.15, 0.2) is 11.5 Å². The highest BCUT2D eigenvalue weighted by atomic mass is 35.5. The molecule has 0 saturated carbocycles. The van der Waals surface area contributed by atoms with Crippen LogP contribution in [0.4, 0.5) is 8.78 Å². The van der Waals surface area contributed by atoms with Crippen molar-refractivity contribution in [3.63, 3.8) is 0 Å². The number of halogens is 3. The molecule has 0 radical (unpaired) electrons. The number of rotatable bonds is 6. The Hall–Kier alpha value is -1.60. The normalized spacial score (nSPS) is 9.74. The summed E-state index contributed by atoms with van der Waals surface area (Å²) in [6.07, 6.45) is 0. The van der Waals surface area contributed by atoms with Crippen LogP contribution in [0.15, 0.2) is 18.2 Å². The zero-order chi connectivity index (χ0) is 13.5. The van der Waals surface area contributed by atoms with Crippen molar-refractivity contribution in [1.82, 2.24) is 5.32 Å². The quantitative estimate of drug-likeness (QED) is 0.832. The number of amides is 1. The lowest BCUT2D eigenvalue weighted by molar-refractivity contribution is -0.0512. The minimum Gasteiger partial charge on any atom is -0.493 e. The van der Waals surface area contributed by atoms with Gasteiger partial charge in [-0.1, -0.05) is 0 Å². The predicted octanol–water partition coefficient (Wildman–Crippen LogP) is 1.41. The summed E-state index contributed by atoms with van der Waals surface area (Å²) in [6, 6.07) is 3.94. The number of alkyl halides is 2. The van der Waals surface area contributed by atoms with E-state index < -0.39 is 6.61 Å². The van der Waals surface area contributed by atoms with Gasteiger partial charge in [0.25, 0.3) is 5.91 Å². The van der Waals surface area contributed by atoms with Gasteiger partial charge in [-0.25, -0.2) is 0 Å². The fourth-order valence-electron chi connectivity index (χ4n) is 1.29. The van der Waals surface area contributed by atoms with Crippen LogP contribution in [0.25, 0.3) is 0 Å². The second kappa shape index (κ2) is 8.49. The molecule has 5 nitrogen and oxygen atoms in total. The summed E-state index contributed by atoms with van der Waals surface area (Å²) in [7, 11) is 1.30. The van der Waals surface area contributed by atoms with E-state index in [0.717, 1.165) is 0 Å². The molecule has 0 unspecified atom stereocenters. The summed E-state index contributed by atoms with van der Waals surface area (Å²) in [4.78, 5) is 11.6. The minimum absolute atomic E-state index is 0. The van der Waals surface area contributed by atoms with Crippen LogP contribution in [-0.2, 0) is 0 Å². The van der Waals surface area contributed by atoms with E-state index in [-0.39, 0.29) is 35.4 Å². The Morgan fingerprint density at radius 1 is 1.42 bits per heavy atom. The summed E-state index contributed by atoms with van der Waals surface area (Å²) in [5, 5.41) is 2.55. The van der Waals surface area contributed by atoms with Gasteiger partial charge in [-0.2, -0.15) is 8.78 Å². The largest absolute Gasteiger partial charge is 0.493 e. The summed E-state index contributed by atoms with van der Waals surface area (Å²) in [6.45, 7) is -2.30. The van der Waals surface area contributed by atoms with Gasteiger partial charge in [0.2, 0.25) is 0 Å². The Kier molecular flexibility index (Phi) is 7.78. The number of nitrogens with two attached hydrogens (primary N) is 1. The molecule has 19 heavy (non-hydrogen) atoms. The van der Waals surface area contributed by atoms with E-state index in [1.807, 2.05) is 0 Å². The lowest BCUT2D eigenvalue weighted by atomic mass is 10.2. The molecule has 0 spiro atoms. The summed E-state index contributed by atoms with van der Waals surface area (Å²) in [5.41, 5.74) is 5.53. The van der Waals surface area contributed by atoms with E-state index in [1.54, 1.807) is 0 Å². The molecule has 0 aliphatic carbocycles. The van der Waals surface area contributed by atoms with Crippen molar-refractivity contribution in [2.24, 2.45) is 5.73 Å². The number of carbonyl (C=O) groups is 1. The highest BCUT2D eigenvalue weighted by Crippen LogP contribution is 2.29. The second-order valence-corrected chi connectivity index (χ2v) is 3.29. The van der Waals surface area contributed by atoms with Crippen molar-refractivity contribution in [3.05, 3.63) is 23.8 Å². The van der Waals surface area contributed by atoms with Crippen LogP contribution in [0.2, 0.25) is 0 Å². The van der Waals surface area contributed by atoms with Crippen molar-refractivity contribution in [1.29, 1.82) is 0 Å². The standard InChI is InChI=1S/C11H14F2N2O3.ClH/c1-17-9-6-7(10(16)15-5-4-14)2-3-8(9)18-11(12)13;/h2-3,6,11H,4-5,14H2,1H3,(H,15,16);1H. The number of nitrogens with one attached hydrogen (secondary N) is 1. The van der Waals surface area contributed by atoms with Crippen LogP contribution in [0.3, 0.4) is 0 Å². The van der Waals surface area contributed by atoms with Gasteiger partial charge in [0.1, 0.15) is 0 Å². The van der Waals surface area contributed by atoms with Crippen molar-refractivity contribution >= 4 is 18.3 Å². The molecule has 1 aromatic carbocycles. The van der Waals surface area contributed by atoms with Crippen molar-refractivity contribution in [3.8, 4) is 11.5 Å². The molecule has 1 aromatic rings. The Morgan fingerprint density at radius 3 is 2.63 bits per heavy atom. The van der Waals surface area contributed by atoms with Crippen molar-refractivity contribution < 1.29 is 23.0 Å². The number of carbonyl (C=O) groups excluding carboxylic acids is 1. The topological polar surface area (TPSA) is 73.6 Å². The third-order valence-electron chi connectivity index (χ3n) is 2.07. The molecule has 1 amide bonds. The predicted molar refractivity (Wildman–Crippen MR) is 68.3 cm³/mol. The lowest BCUT2D eigenvalue weighted by Crippen LogP contribution is -2.28. The summed E-state index contributed by atoms with van der Waals surface area (Å²) >= 11 is 0. The SMILES string of the molecule is COc1cc(C(=O)NCCN)ccc1OC(F)F.Cl. The van der Waals surface area contributed by atoms with E-state index in [9.17, 15) is 13.6 Å². The van der Waals surface area contributed by atoms with E-state index in [0.29, 0.717) is 13.1 Å². The zero-order valence-corrected chi connectivity index (χ0v) is 11.0. The van der Waals surface area contributed by atoms with Gasteiger partial charge >= 0.3 is 6.61 Å². The summed E-state index contributed by atoms with van der Waals surface area (Å²) in [5.74, 6) is -0.416. The van der Waals surface area contributed by atoms with Crippen LogP contribution in [-0.4, -0.2) is 32.7 Å². The smallest absolute Gasteiger partial charge is 0.387 e. The van der Waals surface area contributed by atoms with Crippen LogP contribution in [0.1, 0.15) is 10.4 Å². The van der Waals surface area contributed by atoms with Crippen LogP contribution < -0.4 is 20.5 Å². The van der Waals surface area contributed by atoms with Gasteiger partial charge in [0.05, 0.1) is 7.11 Å². The first-order valence-electron chi connectivity index (χ1n) is 5.19. The van der Waals surface area contributed by atoms with Crippen LogP contribution in [0.5, 0.6) is 11.5 Å². The van der Waals surface area contributed by atoms with Crippen molar-refractivity contribution in [2.45, 2.75) is 6.61 Å². The molecular formula is C11H15ClF2N2O3. The number of benzene rings is 1. The zero-order valence-electron chi connectivity index (χ0n) is 10.2. The van der Waals surface area contributed by atoms with Gasteiger partial charge in [0, 0.05) is 18.7 Å². The molecule has 0 aliphatic rings. The Morgan fingerprint density at radius 2 is 2.11 bits per heavy atom. The van der Waals surface area contributed by atoms with Gasteiger partial charge < -0.3 is 20.5 Å². The van der Waals surface area contributed by atoms with Crippen LogP contribution >= 0.6 is 12.4 Å². The first-order chi connectivity index (χ1) is 8.58. The first kappa shape index (κ1) is 17.4. The summed E-state index contributed by atoms with van der Waals surface area (Å²) < 4.78 is 33.3. The average molecular weight is 297 g/mol. The van der Waals surface area contributed by atoms with Crippen molar-refractivity contribution in [2.75, 3.05) is 20.2 Å². The second-order valence-electron chi connectivity index (χ2n) is 3.29. The third-order valence-corrected chi connectivity index (χ3v) is 2.07. The highest BCUT2D eigenvalue weighted by Gasteiger charge is 2.13. The molecule has 108 valence electrons. The van der Waals surface area contributed by atoms with E-state index >= 15 is 0 Å². The van der Waals surface area contributed by atoms with Crippen LogP contribution in [0, 0.1) is 0 Å². The number of hydrogen-bond donors (Lipinski definition) is 2. The number of hydrogen-bond acceptors (Lipinski definition) is 4. The highest BCUT2D eigenvalue weighted by molar-refractivity contribution is 5.94. The fraction of sp³-hybridized carbons (Fsp3) is 0.364. The molecule has 0 atom stereocenters. The Balaban J connectivity index is 0.00000324. The average Bonchev–Trinajstić information content (AvgIpc) is 2.35. The molecule has 0 bridgehead atoms. The third kappa shape index (κ3) is 5.27. The molecule has 0 aliphatic heterocycles. The molecule has 0 aromatic heterocycles. The Bertz CT molecular complexity index is 419. The molecule has 3 N–H and O–H groups in total. The number of ether oxygens (including phenoxy) is 2. The number of methoxy groups -OCH3 is 1. The van der Waals surface area contributed by atoms with E-state index in [2.05, 4.69) is 10.1 Å². The van der Waals surface area contributed by atoms with E-state index in [1.165, 1.54) is 25.3 Å². The maximum absolute atomic E-state index is 12.1. The lowest BCUT2D eigenvalue weighted by Gasteiger charge is -2.11. The molecule has 0 fully saturated rings. The molecule has 1 rings (SSSR count). The van der Waals surface area contributed by atoms with Gasteiger partial charge in [-0.05, 0) is 18.2 Å². The van der Waals surface area contributed by atoms with Gasteiger partial charge in [-0.3, -0.25) is 4.79 Å². The maximum Gasteiger partial charge on any atom is 0.387 e. The molecule has 0 saturated heterocycles. The first-order valence-corrected chi connectivity index (χ1v) is 5.19. The maximum atomic E-state index is 12.1. The fourth-order valence-corrected chi connectivity index (χ4v) is 1.29. The minimum atomic E-state index is -2.95. The van der Waals surface area contributed by atoms with E-state index in [4.69, 9.17) is 10.5 Å².